The Morgan fingerprint density at radius 2 is 2.24 bits per heavy atom. The summed E-state index contributed by atoms with van der Waals surface area (Å²) in [7, 11) is 0. The molecule has 3 N–H and O–H groups in total. The van der Waals surface area contributed by atoms with Crippen molar-refractivity contribution in [1.29, 1.82) is 0 Å². The second-order valence-corrected chi connectivity index (χ2v) is 5.54. The van der Waals surface area contributed by atoms with E-state index in [-0.39, 0.29) is 5.91 Å². The molecule has 0 unspecified atom stereocenters. The Labute approximate surface area is 110 Å². The average molecular weight is 297 g/mol. The fourth-order valence-corrected chi connectivity index (χ4v) is 2.36. The molecule has 0 aliphatic heterocycles. The SMILES string of the molecule is CCC1(CNC(=O)c2cccc(N)c2Br)CC1. The number of hydrogen-bond acceptors (Lipinski definition) is 2. The molecule has 4 heteroatoms. The molecule has 1 aromatic carbocycles. The van der Waals surface area contributed by atoms with Gasteiger partial charge in [-0.05, 0) is 52.7 Å². The van der Waals surface area contributed by atoms with Crippen LogP contribution in [0.2, 0.25) is 0 Å². The van der Waals surface area contributed by atoms with Gasteiger partial charge in [0.15, 0.2) is 0 Å². The molecule has 1 aliphatic carbocycles. The molecule has 17 heavy (non-hydrogen) atoms. The van der Waals surface area contributed by atoms with Gasteiger partial charge in [0, 0.05) is 12.2 Å². The van der Waals surface area contributed by atoms with Gasteiger partial charge in [0.05, 0.1) is 10.0 Å². The van der Waals surface area contributed by atoms with Crippen molar-refractivity contribution in [3.05, 3.63) is 28.2 Å². The van der Waals surface area contributed by atoms with Crippen molar-refractivity contribution in [3.63, 3.8) is 0 Å². The van der Waals surface area contributed by atoms with Crippen molar-refractivity contribution in [1.82, 2.24) is 5.32 Å². The Bertz CT molecular complexity index is 441. The van der Waals surface area contributed by atoms with E-state index in [1.807, 2.05) is 0 Å². The minimum Gasteiger partial charge on any atom is -0.398 e. The van der Waals surface area contributed by atoms with E-state index in [4.69, 9.17) is 5.73 Å². The molecule has 0 saturated heterocycles. The first-order valence-corrected chi connectivity index (χ1v) is 6.69. The molecule has 1 aliphatic rings. The van der Waals surface area contributed by atoms with E-state index in [2.05, 4.69) is 28.2 Å². The highest BCUT2D eigenvalue weighted by atomic mass is 79.9. The summed E-state index contributed by atoms with van der Waals surface area (Å²) >= 11 is 3.35. The minimum atomic E-state index is -0.0519. The highest BCUT2D eigenvalue weighted by Gasteiger charge is 2.40. The number of carbonyl (C=O) groups excluding carboxylic acids is 1. The van der Waals surface area contributed by atoms with Crippen LogP contribution in [0, 0.1) is 5.41 Å². The lowest BCUT2D eigenvalue weighted by Gasteiger charge is -2.14. The Balaban J connectivity index is 2.02. The van der Waals surface area contributed by atoms with E-state index in [9.17, 15) is 4.79 Å². The van der Waals surface area contributed by atoms with Crippen LogP contribution >= 0.6 is 15.9 Å². The topological polar surface area (TPSA) is 55.1 Å². The number of nitrogen functional groups attached to an aromatic ring is 1. The molecule has 0 radical (unpaired) electrons. The van der Waals surface area contributed by atoms with Crippen molar-refractivity contribution >= 4 is 27.5 Å². The van der Waals surface area contributed by atoms with Gasteiger partial charge < -0.3 is 11.1 Å². The van der Waals surface area contributed by atoms with Gasteiger partial charge in [-0.3, -0.25) is 4.79 Å². The van der Waals surface area contributed by atoms with Gasteiger partial charge in [-0.1, -0.05) is 13.0 Å². The van der Waals surface area contributed by atoms with Crippen LogP contribution in [-0.2, 0) is 0 Å². The van der Waals surface area contributed by atoms with Gasteiger partial charge in [-0.15, -0.1) is 0 Å². The van der Waals surface area contributed by atoms with Crippen molar-refractivity contribution in [3.8, 4) is 0 Å². The van der Waals surface area contributed by atoms with E-state index >= 15 is 0 Å². The minimum absolute atomic E-state index is 0.0519. The fourth-order valence-electron chi connectivity index (χ4n) is 1.92. The predicted molar refractivity (Wildman–Crippen MR) is 72.8 cm³/mol. The molecular weight excluding hydrogens is 280 g/mol. The lowest BCUT2D eigenvalue weighted by molar-refractivity contribution is 0.0943. The van der Waals surface area contributed by atoms with Crippen LogP contribution in [0.4, 0.5) is 5.69 Å². The quantitative estimate of drug-likeness (QED) is 0.840. The molecule has 0 bridgehead atoms. The van der Waals surface area contributed by atoms with Crippen LogP contribution in [0.15, 0.2) is 22.7 Å². The summed E-state index contributed by atoms with van der Waals surface area (Å²) < 4.78 is 0.679. The number of nitrogens with one attached hydrogen (secondary N) is 1. The number of rotatable bonds is 4. The van der Waals surface area contributed by atoms with Gasteiger partial charge in [0.1, 0.15) is 0 Å². The van der Waals surface area contributed by atoms with Gasteiger partial charge in [-0.2, -0.15) is 0 Å². The summed E-state index contributed by atoms with van der Waals surface area (Å²) in [6.45, 7) is 2.94. The second kappa shape index (κ2) is 4.69. The van der Waals surface area contributed by atoms with Crippen LogP contribution < -0.4 is 11.1 Å². The van der Waals surface area contributed by atoms with Crippen molar-refractivity contribution in [2.24, 2.45) is 5.41 Å². The molecule has 0 aromatic heterocycles. The maximum absolute atomic E-state index is 12.0. The zero-order chi connectivity index (χ0) is 12.5. The number of halogens is 1. The number of nitrogens with two attached hydrogens (primary N) is 1. The maximum atomic E-state index is 12.0. The molecule has 3 nitrogen and oxygen atoms in total. The van der Waals surface area contributed by atoms with E-state index in [1.165, 1.54) is 12.8 Å². The van der Waals surface area contributed by atoms with Gasteiger partial charge >= 0.3 is 0 Å². The van der Waals surface area contributed by atoms with E-state index < -0.39 is 0 Å². The Kier molecular flexibility index (Phi) is 3.43. The Morgan fingerprint density at radius 3 is 2.82 bits per heavy atom. The number of carbonyl (C=O) groups is 1. The summed E-state index contributed by atoms with van der Waals surface area (Å²) in [6, 6.07) is 5.35. The fraction of sp³-hybridized carbons (Fsp3) is 0.462. The smallest absolute Gasteiger partial charge is 0.252 e. The number of hydrogen-bond donors (Lipinski definition) is 2. The molecule has 1 fully saturated rings. The van der Waals surface area contributed by atoms with Crippen LogP contribution in [0.5, 0.6) is 0 Å². The first-order chi connectivity index (χ1) is 8.08. The molecule has 0 atom stereocenters. The van der Waals surface area contributed by atoms with E-state index in [1.54, 1.807) is 18.2 Å². The third kappa shape index (κ3) is 2.63. The van der Waals surface area contributed by atoms with Crippen molar-refractivity contribution in [2.45, 2.75) is 26.2 Å². The Hall–Kier alpha value is -1.03. The average Bonchev–Trinajstić information content (AvgIpc) is 3.10. The number of amides is 1. The zero-order valence-corrected chi connectivity index (χ0v) is 11.5. The lowest BCUT2D eigenvalue weighted by atomic mass is 10.0. The first kappa shape index (κ1) is 12.4. The molecule has 1 amide bonds. The third-order valence-corrected chi connectivity index (χ3v) is 4.49. The molecule has 1 saturated carbocycles. The largest absolute Gasteiger partial charge is 0.398 e. The number of anilines is 1. The highest BCUT2D eigenvalue weighted by Crippen LogP contribution is 2.47. The molecular formula is C13H17BrN2O. The summed E-state index contributed by atoms with van der Waals surface area (Å²) in [5.41, 5.74) is 7.32. The maximum Gasteiger partial charge on any atom is 0.252 e. The monoisotopic (exact) mass is 296 g/mol. The van der Waals surface area contributed by atoms with Gasteiger partial charge in [-0.25, -0.2) is 0 Å². The second-order valence-electron chi connectivity index (χ2n) is 4.75. The predicted octanol–water partition coefficient (Wildman–Crippen LogP) is 2.95. The van der Waals surface area contributed by atoms with Crippen LogP contribution in [0.3, 0.4) is 0 Å². The summed E-state index contributed by atoms with van der Waals surface area (Å²) in [6.07, 6.45) is 3.58. The Morgan fingerprint density at radius 1 is 1.53 bits per heavy atom. The van der Waals surface area contributed by atoms with Gasteiger partial charge in [0.2, 0.25) is 0 Å². The van der Waals surface area contributed by atoms with Crippen LogP contribution in [0.1, 0.15) is 36.5 Å². The summed E-state index contributed by atoms with van der Waals surface area (Å²) in [4.78, 5) is 12.0. The molecule has 0 heterocycles. The van der Waals surface area contributed by atoms with Crippen molar-refractivity contribution in [2.75, 3.05) is 12.3 Å². The van der Waals surface area contributed by atoms with Crippen LogP contribution in [-0.4, -0.2) is 12.5 Å². The molecule has 92 valence electrons. The first-order valence-electron chi connectivity index (χ1n) is 5.90. The third-order valence-electron chi connectivity index (χ3n) is 3.60. The lowest BCUT2D eigenvalue weighted by Crippen LogP contribution is -2.30. The van der Waals surface area contributed by atoms with E-state index in [0.717, 1.165) is 13.0 Å². The normalized spacial score (nSPS) is 16.6. The summed E-state index contributed by atoms with van der Waals surface area (Å²) in [5.74, 6) is -0.0519. The molecule has 2 rings (SSSR count). The van der Waals surface area contributed by atoms with Crippen LogP contribution in [0.25, 0.3) is 0 Å². The standard InChI is InChI=1S/C13H17BrN2O/c1-2-13(6-7-13)8-16-12(17)9-4-3-5-10(15)11(9)14/h3-5H,2,6-8,15H2,1H3,(H,16,17). The zero-order valence-electron chi connectivity index (χ0n) is 9.92. The molecule has 1 aromatic rings. The highest BCUT2D eigenvalue weighted by molar-refractivity contribution is 9.10. The summed E-state index contributed by atoms with van der Waals surface area (Å²) in [5, 5.41) is 3.00. The molecule has 0 spiro atoms. The van der Waals surface area contributed by atoms with Gasteiger partial charge in [0.25, 0.3) is 5.91 Å². The van der Waals surface area contributed by atoms with Crippen molar-refractivity contribution < 1.29 is 4.79 Å². The van der Waals surface area contributed by atoms with E-state index in [0.29, 0.717) is 21.1 Å². The number of benzene rings is 1.